The van der Waals surface area contributed by atoms with Gasteiger partial charge < -0.3 is 14.6 Å². The molecule has 4 rings (SSSR count). The van der Waals surface area contributed by atoms with E-state index in [4.69, 9.17) is 9.47 Å². The van der Waals surface area contributed by atoms with E-state index in [0.717, 1.165) is 17.2 Å². The van der Waals surface area contributed by atoms with Crippen LogP contribution in [-0.4, -0.2) is 99.1 Å². The second-order valence-electron chi connectivity index (χ2n) is 9.63. The first kappa shape index (κ1) is 30.3. The fraction of sp³-hybridized carbons (Fsp3) is 0.385. The van der Waals surface area contributed by atoms with Crippen LogP contribution in [0.1, 0.15) is 11.3 Å². The Hall–Kier alpha value is -3.66. The van der Waals surface area contributed by atoms with Gasteiger partial charge in [0.25, 0.3) is 0 Å². The Morgan fingerprint density at radius 1 is 1.00 bits per heavy atom. The van der Waals surface area contributed by atoms with Gasteiger partial charge in [0, 0.05) is 48.5 Å². The van der Waals surface area contributed by atoms with Gasteiger partial charge in [0.05, 0.1) is 24.6 Å². The van der Waals surface area contributed by atoms with Crippen molar-refractivity contribution in [2.45, 2.75) is 19.6 Å². The largest absolute Gasteiger partial charge is 0.489 e. The summed E-state index contributed by atoms with van der Waals surface area (Å²) in [5.41, 5.74) is 2.07. The first-order valence-corrected chi connectivity index (χ1v) is 16.1. The van der Waals surface area contributed by atoms with Gasteiger partial charge in [0.2, 0.25) is 20.0 Å². The molecule has 1 fully saturated rings. The zero-order valence-electron chi connectivity index (χ0n) is 22.8. The van der Waals surface area contributed by atoms with Crippen LogP contribution in [0, 0.1) is 6.92 Å². The molecule has 2 heterocycles. The molecule has 1 atom stereocenters. The van der Waals surface area contributed by atoms with Crippen LogP contribution in [-0.2, 0) is 36.2 Å². The summed E-state index contributed by atoms with van der Waals surface area (Å²) in [6.07, 6.45) is 0.0107. The van der Waals surface area contributed by atoms with Gasteiger partial charge in [-0.15, -0.1) is 0 Å². The number of hydrogen-bond donors (Lipinski definition) is 2. The fourth-order valence-corrected chi connectivity index (χ4v) is 7.04. The molecule has 1 aliphatic heterocycles. The minimum absolute atomic E-state index is 0.102. The molecule has 0 amide bonds. The summed E-state index contributed by atoms with van der Waals surface area (Å²) in [7, 11) is -6.23. The van der Waals surface area contributed by atoms with Crippen molar-refractivity contribution < 1.29 is 41.0 Å². The van der Waals surface area contributed by atoms with Crippen LogP contribution >= 0.6 is 0 Å². The van der Waals surface area contributed by atoms with Crippen LogP contribution < -0.4 is 9.46 Å². The summed E-state index contributed by atoms with van der Waals surface area (Å²) in [6.45, 7) is 2.44. The first-order valence-electron chi connectivity index (χ1n) is 12.6. The van der Waals surface area contributed by atoms with E-state index in [0.29, 0.717) is 17.0 Å². The van der Waals surface area contributed by atoms with Crippen LogP contribution in [0.25, 0.3) is 10.9 Å². The van der Waals surface area contributed by atoms with Crippen LogP contribution in [0.15, 0.2) is 48.5 Å². The van der Waals surface area contributed by atoms with Gasteiger partial charge in [0.1, 0.15) is 18.4 Å². The smallest absolute Gasteiger partial charge is 0.416 e. The van der Waals surface area contributed by atoms with Gasteiger partial charge >= 0.3 is 12.1 Å². The van der Waals surface area contributed by atoms with E-state index in [9.17, 15) is 31.5 Å². The summed E-state index contributed by atoms with van der Waals surface area (Å²) in [5, 5.41) is 10.4. The van der Waals surface area contributed by atoms with Crippen molar-refractivity contribution in [2.75, 3.05) is 50.0 Å². The topological polar surface area (TPSA) is 165 Å². The number of esters is 1. The van der Waals surface area contributed by atoms with Gasteiger partial charge in [0.15, 0.2) is 0 Å². The molecule has 3 aromatic rings. The standard InChI is InChI=1S/C26H32N4O9S2/c1-18-22(21-6-4-5-7-23(21)30(18)26(32)33)16-39-20-10-8-19(9-11-20)27-41(36,37)17-24(25(31)38-2)28-12-14-29(15-13-28)40(3,34)35/h4-11,24,27H,12-17H2,1-3H3,(H,32,33). The number of sulfonamides is 2. The van der Waals surface area contributed by atoms with Crippen molar-refractivity contribution in [1.82, 2.24) is 13.8 Å². The summed E-state index contributed by atoms with van der Waals surface area (Å²) < 4.78 is 65.2. The number of anilines is 1. The lowest BCUT2D eigenvalue weighted by molar-refractivity contribution is -0.146. The van der Waals surface area contributed by atoms with Crippen molar-refractivity contribution in [3.63, 3.8) is 0 Å². The number of hydrogen-bond acceptors (Lipinski definition) is 9. The van der Waals surface area contributed by atoms with Crippen molar-refractivity contribution >= 4 is 48.7 Å². The molecule has 0 aliphatic carbocycles. The average Bonchev–Trinajstić information content (AvgIpc) is 3.21. The summed E-state index contributed by atoms with van der Waals surface area (Å²) in [4.78, 5) is 25.8. The normalized spacial score (nSPS) is 15.9. The zero-order chi connectivity index (χ0) is 29.9. The third kappa shape index (κ3) is 6.98. The summed E-state index contributed by atoms with van der Waals surface area (Å²) >= 11 is 0. The molecule has 1 aliphatic rings. The molecule has 41 heavy (non-hydrogen) atoms. The van der Waals surface area contributed by atoms with Crippen LogP contribution in [0.5, 0.6) is 5.75 Å². The van der Waals surface area contributed by atoms with Gasteiger partial charge in [-0.25, -0.2) is 26.2 Å². The number of piperazine rings is 1. The lowest BCUT2D eigenvalue weighted by Crippen LogP contribution is -2.56. The molecule has 13 nitrogen and oxygen atoms in total. The predicted molar refractivity (Wildman–Crippen MR) is 152 cm³/mol. The number of aromatic nitrogens is 1. The van der Waals surface area contributed by atoms with Crippen LogP contribution in [0.2, 0.25) is 0 Å². The maximum Gasteiger partial charge on any atom is 0.416 e. The molecular weight excluding hydrogens is 576 g/mol. The number of rotatable bonds is 10. The molecular formula is C26H32N4O9S2. The number of nitrogens with one attached hydrogen (secondary N) is 1. The maximum atomic E-state index is 13.0. The molecule has 0 spiro atoms. The molecule has 15 heteroatoms. The first-order chi connectivity index (χ1) is 19.3. The van der Waals surface area contributed by atoms with E-state index in [-0.39, 0.29) is 38.5 Å². The highest BCUT2D eigenvalue weighted by Crippen LogP contribution is 2.27. The molecule has 1 aromatic heterocycles. The molecule has 0 bridgehead atoms. The molecule has 222 valence electrons. The number of methoxy groups -OCH3 is 1. The highest BCUT2D eigenvalue weighted by atomic mass is 32.2. The number of benzene rings is 2. The van der Waals surface area contributed by atoms with E-state index in [1.54, 1.807) is 36.1 Å². The van der Waals surface area contributed by atoms with Gasteiger partial charge in [-0.1, -0.05) is 18.2 Å². The van der Waals surface area contributed by atoms with E-state index < -0.39 is 43.9 Å². The van der Waals surface area contributed by atoms with Crippen molar-refractivity contribution in [3.05, 3.63) is 59.8 Å². The number of carbonyl (C=O) groups excluding carboxylic acids is 1. The highest BCUT2D eigenvalue weighted by molar-refractivity contribution is 7.92. The number of carbonyl (C=O) groups is 2. The minimum Gasteiger partial charge on any atom is -0.489 e. The van der Waals surface area contributed by atoms with Crippen molar-refractivity contribution in [1.29, 1.82) is 0 Å². The number of para-hydroxylation sites is 1. The quantitative estimate of drug-likeness (QED) is 0.325. The summed E-state index contributed by atoms with van der Waals surface area (Å²) in [5.74, 6) is -0.869. The average molecular weight is 609 g/mol. The fourth-order valence-electron chi connectivity index (χ4n) is 4.87. The van der Waals surface area contributed by atoms with E-state index in [1.165, 1.54) is 28.1 Å². The molecule has 2 aromatic carbocycles. The van der Waals surface area contributed by atoms with Crippen LogP contribution in [0.4, 0.5) is 10.5 Å². The Balaban J connectivity index is 1.41. The molecule has 2 N–H and O–H groups in total. The second kappa shape index (κ2) is 12.1. The third-order valence-corrected chi connectivity index (χ3v) is 9.58. The van der Waals surface area contributed by atoms with E-state index in [2.05, 4.69) is 4.72 Å². The number of carboxylic acid groups (broad SMARTS) is 1. The Morgan fingerprint density at radius 3 is 2.22 bits per heavy atom. The number of nitrogens with zero attached hydrogens (tertiary/aromatic N) is 3. The van der Waals surface area contributed by atoms with Crippen molar-refractivity contribution in [2.24, 2.45) is 0 Å². The predicted octanol–water partition coefficient (Wildman–Crippen LogP) is 1.92. The molecule has 1 unspecified atom stereocenters. The Bertz CT molecular complexity index is 1640. The molecule has 1 saturated heterocycles. The van der Waals surface area contributed by atoms with Gasteiger partial charge in [-0.2, -0.15) is 4.31 Å². The number of ether oxygens (including phenoxy) is 2. The minimum atomic E-state index is -4.01. The second-order valence-corrected chi connectivity index (χ2v) is 13.4. The maximum absolute atomic E-state index is 13.0. The lowest BCUT2D eigenvalue weighted by Gasteiger charge is -2.36. The SMILES string of the molecule is COC(=O)C(CS(=O)(=O)Nc1ccc(OCc2c(C)n(C(=O)O)c3ccccc23)cc1)N1CCN(S(C)(=O)=O)CC1. The highest BCUT2D eigenvalue weighted by Gasteiger charge is 2.35. The Kier molecular flexibility index (Phi) is 8.91. The number of fused-ring (bicyclic) bond motifs is 1. The van der Waals surface area contributed by atoms with E-state index in [1.807, 2.05) is 12.1 Å². The Morgan fingerprint density at radius 2 is 1.63 bits per heavy atom. The Labute approximate surface area is 238 Å². The van der Waals surface area contributed by atoms with Gasteiger partial charge in [-0.05, 0) is 37.3 Å². The lowest BCUT2D eigenvalue weighted by atomic mass is 10.1. The molecule has 0 radical (unpaired) electrons. The zero-order valence-corrected chi connectivity index (χ0v) is 24.4. The van der Waals surface area contributed by atoms with Gasteiger partial charge in [-0.3, -0.25) is 14.4 Å². The van der Waals surface area contributed by atoms with Crippen molar-refractivity contribution in [3.8, 4) is 5.75 Å². The van der Waals surface area contributed by atoms with Crippen LogP contribution in [0.3, 0.4) is 0 Å². The monoisotopic (exact) mass is 608 g/mol. The molecule has 0 saturated carbocycles. The summed E-state index contributed by atoms with van der Waals surface area (Å²) in [6, 6.07) is 12.2. The van der Waals surface area contributed by atoms with E-state index >= 15 is 0 Å². The third-order valence-electron chi connectivity index (χ3n) is 6.98.